The van der Waals surface area contributed by atoms with E-state index in [1.54, 1.807) is 0 Å². The van der Waals surface area contributed by atoms with Crippen molar-refractivity contribution in [1.82, 2.24) is 0 Å². The fraction of sp³-hybridized carbons (Fsp3) is 0.923. The maximum absolute atomic E-state index is 11.8. The molecule has 0 spiro atoms. The van der Waals surface area contributed by atoms with Gasteiger partial charge in [0.25, 0.3) is 0 Å². The third kappa shape index (κ3) is 1.91. The first-order chi connectivity index (χ1) is 7.05. The van der Waals surface area contributed by atoms with Gasteiger partial charge >= 0.3 is 5.97 Å². The van der Waals surface area contributed by atoms with Gasteiger partial charge in [-0.1, -0.05) is 13.8 Å². The predicted molar refractivity (Wildman–Crippen MR) is 59.4 cm³/mol. The summed E-state index contributed by atoms with van der Waals surface area (Å²) in [7, 11) is 0. The van der Waals surface area contributed by atoms with Crippen molar-refractivity contribution >= 4 is 5.97 Å². The summed E-state index contributed by atoms with van der Waals surface area (Å²) in [6.45, 7) is 6.13. The molecular weight excluding hydrogens is 188 g/mol. The van der Waals surface area contributed by atoms with E-state index in [0.717, 1.165) is 18.8 Å². The van der Waals surface area contributed by atoms with Gasteiger partial charge in [0.2, 0.25) is 0 Å². The molecule has 2 bridgehead atoms. The van der Waals surface area contributed by atoms with Gasteiger partial charge in [0, 0.05) is 0 Å². The van der Waals surface area contributed by atoms with Crippen LogP contribution in [-0.4, -0.2) is 11.6 Å². The molecule has 2 aliphatic rings. The van der Waals surface area contributed by atoms with Crippen LogP contribution in [0.1, 0.15) is 52.9 Å². The molecule has 4 atom stereocenters. The van der Waals surface area contributed by atoms with Crippen molar-refractivity contribution in [3.63, 3.8) is 0 Å². The summed E-state index contributed by atoms with van der Waals surface area (Å²) in [5.41, 5.74) is -0.135. The molecule has 2 nitrogen and oxygen atoms in total. The van der Waals surface area contributed by atoms with Gasteiger partial charge in [-0.15, -0.1) is 0 Å². The smallest absolute Gasteiger partial charge is 0.309 e. The lowest BCUT2D eigenvalue weighted by Gasteiger charge is -2.34. The van der Waals surface area contributed by atoms with Crippen LogP contribution in [0, 0.1) is 17.8 Å². The van der Waals surface area contributed by atoms with Crippen molar-refractivity contribution in [2.75, 3.05) is 0 Å². The summed E-state index contributed by atoms with van der Waals surface area (Å²) in [6, 6.07) is 0. The lowest BCUT2D eigenvalue weighted by molar-refractivity contribution is -0.168. The standard InChI is InChI=1S/C13H22O2/c1-4-9(2)12(14)15-13(3)8-10-5-6-11(13)7-10/h9-11H,4-8H2,1-3H3. The Balaban J connectivity index is 1.97. The van der Waals surface area contributed by atoms with E-state index >= 15 is 0 Å². The SMILES string of the molecule is CCC(C)C(=O)OC1(C)CC2CCC1C2. The van der Waals surface area contributed by atoms with Crippen LogP contribution in [0.5, 0.6) is 0 Å². The van der Waals surface area contributed by atoms with Gasteiger partial charge in [0.05, 0.1) is 5.92 Å². The number of hydrogen-bond donors (Lipinski definition) is 0. The molecular formula is C13H22O2. The van der Waals surface area contributed by atoms with Gasteiger partial charge in [-0.25, -0.2) is 0 Å². The zero-order chi connectivity index (χ0) is 11.1. The average molecular weight is 210 g/mol. The first-order valence-electron chi connectivity index (χ1n) is 6.28. The number of esters is 1. The number of ether oxygens (including phenoxy) is 1. The van der Waals surface area contributed by atoms with E-state index in [0.29, 0.717) is 5.92 Å². The minimum absolute atomic E-state index is 0.00699. The van der Waals surface area contributed by atoms with Gasteiger partial charge in [0.1, 0.15) is 5.60 Å². The molecule has 0 saturated heterocycles. The Morgan fingerprint density at radius 2 is 2.27 bits per heavy atom. The van der Waals surface area contributed by atoms with Crippen LogP contribution in [-0.2, 0) is 9.53 Å². The first-order valence-corrected chi connectivity index (χ1v) is 6.28. The Kier molecular flexibility index (Phi) is 2.78. The minimum Gasteiger partial charge on any atom is -0.459 e. The number of fused-ring (bicyclic) bond motifs is 2. The predicted octanol–water partition coefficient (Wildman–Crippen LogP) is 3.15. The van der Waals surface area contributed by atoms with Crippen LogP contribution in [0.25, 0.3) is 0 Å². The molecule has 0 radical (unpaired) electrons. The summed E-state index contributed by atoms with van der Waals surface area (Å²) < 4.78 is 5.75. The zero-order valence-corrected chi connectivity index (χ0v) is 10.1. The lowest BCUT2D eigenvalue weighted by atomic mass is 9.85. The van der Waals surface area contributed by atoms with Gasteiger partial charge < -0.3 is 4.74 Å². The molecule has 15 heavy (non-hydrogen) atoms. The molecule has 0 N–H and O–H groups in total. The Morgan fingerprint density at radius 3 is 2.73 bits per heavy atom. The van der Waals surface area contributed by atoms with Gasteiger partial charge in [0.15, 0.2) is 0 Å². The molecule has 0 aromatic rings. The normalized spacial score (nSPS) is 40.5. The molecule has 0 aliphatic heterocycles. The van der Waals surface area contributed by atoms with E-state index in [9.17, 15) is 4.79 Å². The van der Waals surface area contributed by atoms with Gasteiger partial charge in [-0.2, -0.15) is 0 Å². The third-order valence-corrected chi connectivity index (χ3v) is 4.45. The van der Waals surface area contributed by atoms with Gasteiger partial charge in [-0.3, -0.25) is 4.79 Å². The number of hydrogen-bond acceptors (Lipinski definition) is 2. The Morgan fingerprint density at radius 1 is 1.53 bits per heavy atom. The van der Waals surface area contributed by atoms with Crippen molar-refractivity contribution in [3.8, 4) is 0 Å². The van der Waals surface area contributed by atoms with E-state index in [1.807, 2.05) is 13.8 Å². The number of rotatable bonds is 3. The molecule has 2 saturated carbocycles. The monoisotopic (exact) mass is 210 g/mol. The molecule has 4 unspecified atom stereocenters. The molecule has 2 rings (SSSR count). The van der Waals surface area contributed by atoms with Crippen molar-refractivity contribution in [3.05, 3.63) is 0 Å². The van der Waals surface area contributed by atoms with Crippen molar-refractivity contribution in [2.24, 2.45) is 17.8 Å². The highest BCUT2D eigenvalue weighted by molar-refractivity contribution is 5.72. The average Bonchev–Trinajstić information content (AvgIpc) is 2.75. The Bertz CT molecular complexity index is 261. The highest BCUT2D eigenvalue weighted by Crippen LogP contribution is 2.52. The zero-order valence-electron chi connectivity index (χ0n) is 10.1. The highest BCUT2D eigenvalue weighted by Gasteiger charge is 2.50. The number of carbonyl (C=O) groups is 1. The first kappa shape index (κ1) is 11.0. The Hall–Kier alpha value is -0.530. The maximum atomic E-state index is 11.8. The van der Waals surface area contributed by atoms with Crippen molar-refractivity contribution < 1.29 is 9.53 Å². The van der Waals surface area contributed by atoms with Crippen LogP contribution < -0.4 is 0 Å². The largest absolute Gasteiger partial charge is 0.459 e. The Labute approximate surface area is 92.4 Å². The third-order valence-electron chi connectivity index (χ3n) is 4.45. The van der Waals surface area contributed by atoms with Crippen LogP contribution in [0.2, 0.25) is 0 Å². The van der Waals surface area contributed by atoms with E-state index in [2.05, 4.69) is 6.92 Å². The van der Waals surface area contributed by atoms with E-state index in [-0.39, 0.29) is 17.5 Å². The molecule has 2 aliphatic carbocycles. The second kappa shape index (κ2) is 3.80. The molecule has 0 amide bonds. The van der Waals surface area contributed by atoms with Gasteiger partial charge in [-0.05, 0) is 50.9 Å². The number of carbonyl (C=O) groups excluding carboxylic acids is 1. The van der Waals surface area contributed by atoms with Crippen LogP contribution >= 0.6 is 0 Å². The van der Waals surface area contributed by atoms with E-state index < -0.39 is 0 Å². The summed E-state index contributed by atoms with van der Waals surface area (Å²) in [6.07, 6.45) is 5.86. The van der Waals surface area contributed by atoms with Crippen molar-refractivity contribution in [1.29, 1.82) is 0 Å². The van der Waals surface area contributed by atoms with Crippen LogP contribution in [0.4, 0.5) is 0 Å². The molecule has 86 valence electrons. The summed E-state index contributed by atoms with van der Waals surface area (Å²) in [5, 5.41) is 0. The lowest BCUT2D eigenvalue weighted by Crippen LogP contribution is -2.38. The molecule has 2 heteroatoms. The van der Waals surface area contributed by atoms with E-state index in [1.165, 1.54) is 19.3 Å². The quantitative estimate of drug-likeness (QED) is 0.669. The highest BCUT2D eigenvalue weighted by atomic mass is 16.6. The molecule has 0 aromatic carbocycles. The van der Waals surface area contributed by atoms with E-state index in [4.69, 9.17) is 4.74 Å². The summed E-state index contributed by atoms with van der Waals surface area (Å²) in [4.78, 5) is 11.8. The van der Waals surface area contributed by atoms with Crippen LogP contribution in [0.15, 0.2) is 0 Å². The second-order valence-electron chi connectivity index (χ2n) is 5.62. The fourth-order valence-corrected chi connectivity index (χ4v) is 3.18. The minimum atomic E-state index is -0.135. The molecule has 0 aromatic heterocycles. The fourth-order valence-electron chi connectivity index (χ4n) is 3.18. The summed E-state index contributed by atoms with van der Waals surface area (Å²) in [5.74, 6) is 1.52. The molecule has 2 fully saturated rings. The van der Waals surface area contributed by atoms with Crippen molar-refractivity contribution in [2.45, 2.75) is 58.5 Å². The second-order valence-corrected chi connectivity index (χ2v) is 5.62. The summed E-state index contributed by atoms with van der Waals surface area (Å²) >= 11 is 0. The molecule has 0 heterocycles. The maximum Gasteiger partial charge on any atom is 0.309 e. The topological polar surface area (TPSA) is 26.3 Å². The van der Waals surface area contributed by atoms with Crippen LogP contribution in [0.3, 0.4) is 0 Å².